The molecule has 42 heavy (non-hydrogen) atoms. The minimum atomic E-state index is -3.63. The monoisotopic (exact) mass is 648 g/mol. The minimum Gasteiger partial charge on any atom is -0.481 e. The molecule has 2 aliphatic rings. The molecular formula is C31H34Cl2N2O5S2. The highest BCUT2D eigenvalue weighted by Crippen LogP contribution is 2.54. The Morgan fingerprint density at radius 3 is 2.38 bits per heavy atom. The molecule has 0 bridgehead atoms. The number of benzene rings is 2. The number of hydrogen-bond donors (Lipinski definition) is 1. The number of likely N-dealkylation sites (tertiary alicyclic amines) is 1. The largest absolute Gasteiger partial charge is 0.481 e. The van der Waals surface area contributed by atoms with Crippen molar-refractivity contribution >= 4 is 56.4 Å². The van der Waals surface area contributed by atoms with Crippen LogP contribution in [0.3, 0.4) is 0 Å². The predicted octanol–water partition coefficient (Wildman–Crippen LogP) is 6.83. The van der Waals surface area contributed by atoms with E-state index < -0.39 is 33.5 Å². The summed E-state index contributed by atoms with van der Waals surface area (Å²) in [4.78, 5) is 29.5. The van der Waals surface area contributed by atoms with Crippen LogP contribution in [0.1, 0.15) is 60.6 Å². The molecule has 1 aromatic heterocycles. The van der Waals surface area contributed by atoms with E-state index in [0.29, 0.717) is 16.5 Å². The van der Waals surface area contributed by atoms with E-state index >= 15 is 0 Å². The molecule has 1 aliphatic carbocycles. The smallest absolute Gasteiger partial charge is 0.304 e. The van der Waals surface area contributed by atoms with E-state index in [9.17, 15) is 23.1 Å². The molecular weight excluding hydrogens is 615 g/mol. The van der Waals surface area contributed by atoms with Gasteiger partial charge in [-0.25, -0.2) is 8.42 Å². The van der Waals surface area contributed by atoms with Gasteiger partial charge in [-0.1, -0.05) is 60.5 Å². The molecule has 1 N–H and O–H groups in total. The van der Waals surface area contributed by atoms with Crippen LogP contribution in [-0.2, 0) is 26.2 Å². The molecule has 5 rings (SSSR count). The number of amides is 1. The number of piperidine rings is 1. The highest BCUT2D eigenvalue weighted by molar-refractivity contribution is 7.88. The van der Waals surface area contributed by atoms with Crippen molar-refractivity contribution in [1.29, 1.82) is 0 Å². The Balaban J connectivity index is 1.66. The summed E-state index contributed by atoms with van der Waals surface area (Å²) in [6.45, 7) is 2.04. The van der Waals surface area contributed by atoms with E-state index in [4.69, 9.17) is 23.2 Å². The number of thiophene rings is 1. The van der Waals surface area contributed by atoms with Gasteiger partial charge in [0.25, 0.3) is 0 Å². The first-order valence-electron chi connectivity index (χ1n) is 13.9. The molecule has 11 heteroatoms. The summed E-state index contributed by atoms with van der Waals surface area (Å²) in [5.41, 5.74) is 0.535. The zero-order valence-corrected chi connectivity index (χ0v) is 26.6. The first kappa shape index (κ1) is 31.0. The van der Waals surface area contributed by atoms with E-state index in [1.807, 2.05) is 52.7 Å². The topological polar surface area (TPSA) is 95.0 Å². The van der Waals surface area contributed by atoms with Crippen molar-refractivity contribution in [2.24, 2.45) is 11.3 Å². The summed E-state index contributed by atoms with van der Waals surface area (Å²) in [6.07, 6.45) is 2.87. The number of carboxylic acid groups (broad SMARTS) is 1. The van der Waals surface area contributed by atoms with Crippen LogP contribution in [0.15, 0.2) is 66.0 Å². The van der Waals surface area contributed by atoms with Gasteiger partial charge in [-0.3, -0.25) is 9.59 Å². The van der Waals surface area contributed by atoms with Gasteiger partial charge in [0.15, 0.2) is 0 Å². The summed E-state index contributed by atoms with van der Waals surface area (Å²) in [7, 11) is -3.63. The Labute approximate surface area is 261 Å². The number of carbonyl (C=O) groups excluding carboxylic acids is 1. The van der Waals surface area contributed by atoms with Crippen LogP contribution in [0.4, 0.5) is 0 Å². The Morgan fingerprint density at radius 2 is 1.81 bits per heavy atom. The SMILES string of the molecule is C[C@]1(CC(=O)O)C[C@H](c2cccc(Cl)c2)[C@@H](c2ccc(Cl)cc2)N([C@H](CN(Cc2cccs2)S(C)(=O)=O)C2CC2)C1=O. The third-order valence-corrected chi connectivity index (χ3v) is 11.0. The van der Waals surface area contributed by atoms with Crippen LogP contribution in [0.2, 0.25) is 10.0 Å². The third kappa shape index (κ3) is 6.86. The molecule has 1 saturated heterocycles. The fourth-order valence-electron chi connectivity index (χ4n) is 6.29. The van der Waals surface area contributed by atoms with Crippen LogP contribution in [-0.4, -0.2) is 53.4 Å². The molecule has 1 amide bonds. The normalized spacial score (nSPS) is 23.7. The number of carbonyl (C=O) groups is 2. The van der Waals surface area contributed by atoms with Crippen molar-refractivity contribution < 1.29 is 23.1 Å². The minimum absolute atomic E-state index is 0.0866. The lowest BCUT2D eigenvalue weighted by Gasteiger charge is -2.52. The molecule has 1 aliphatic heterocycles. The fraction of sp³-hybridized carbons (Fsp3) is 0.419. The second kappa shape index (κ2) is 12.3. The van der Waals surface area contributed by atoms with Crippen molar-refractivity contribution in [1.82, 2.24) is 9.21 Å². The highest BCUT2D eigenvalue weighted by atomic mass is 35.5. The van der Waals surface area contributed by atoms with E-state index in [1.54, 1.807) is 25.1 Å². The molecule has 3 aromatic rings. The molecule has 0 unspecified atom stereocenters. The number of hydrogen-bond acceptors (Lipinski definition) is 5. The number of nitrogens with zero attached hydrogens (tertiary/aromatic N) is 2. The molecule has 2 heterocycles. The highest BCUT2D eigenvalue weighted by Gasteiger charge is 2.55. The van der Waals surface area contributed by atoms with Gasteiger partial charge in [-0.2, -0.15) is 4.31 Å². The van der Waals surface area contributed by atoms with Gasteiger partial charge in [0.2, 0.25) is 15.9 Å². The van der Waals surface area contributed by atoms with Crippen LogP contribution >= 0.6 is 34.5 Å². The molecule has 1 saturated carbocycles. The summed E-state index contributed by atoms with van der Waals surface area (Å²) < 4.78 is 27.7. The van der Waals surface area contributed by atoms with Gasteiger partial charge in [0, 0.05) is 40.0 Å². The zero-order valence-electron chi connectivity index (χ0n) is 23.4. The maximum atomic E-state index is 14.6. The molecule has 2 aromatic carbocycles. The second-order valence-corrected chi connectivity index (χ2v) is 15.6. The number of carboxylic acids is 1. The first-order valence-corrected chi connectivity index (χ1v) is 17.4. The Hall–Kier alpha value is -2.43. The Bertz CT molecular complexity index is 1540. The van der Waals surface area contributed by atoms with Gasteiger partial charge < -0.3 is 10.0 Å². The van der Waals surface area contributed by atoms with Crippen molar-refractivity contribution in [2.45, 2.75) is 57.2 Å². The summed E-state index contributed by atoms with van der Waals surface area (Å²) >= 11 is 14.2. The van der Waals surface area contributed by atoms with Crippen molar-refractivity contribution in [2.75, 3.05) is 12.8 Å². The van der Waals surface area contributed by atoms with Crippen molar-refractivity contribution in [3.05, 3.63) is 92.1 Å². The third-order valence-electron chi connectivity index (χ3n) is 8.43. The molecule has 2 fully saturated rings. The summed E-state index contributed by atoms with van der Waals surface area (Å²) in [6, 6.07) is 17.7. The molecule has 0 spiro atoms. The number of halogens is 2. The van der Waals surface area contributed by atoms with Gasteiger partial charge in [0.05, 0.1) is 24.1 Å². The average molecular weight is 650 g/mol. The molecule has 4 atom stereocenters. The van der Waals surface area contributed by atoms with Crippen LogP contribution in [0.25, 0.3) is 0 Å². The predicted molar refractivity (Wildman–Crippen MR) is 166 cm³/mol. The summed E-state index contributed by atoms with van der Waals surface area (Å²) in [5, 5.41) is 12.9. The lowest BCUT2D eigenvalue weighted by atomic mass is 9.67. The summed E-state index contributed by atoms with van der Waals surface area (Å²) in [5.74, 6) is -1.54. The number of rotatable bonds is 11. The van der Waals surface area contributed by atoms with Gasteiger partial charge in [-0.05, 0) is 72.0 Å². The Morgan fingerprint density at radius 1 is 1.10 bits per heavy atom. The lowest BCUT2D eigenvalue weighted by molar-refractivity contribution is -0.161. The maximum absolute atomic E-state index is 14.6. The molecule has 224 valence electrons. The maximum Gasteiger partial charge on any atom is 0.304 e. The fourth-order valence-corrected chi connectivity index (χ4v) is 8.22. The van der Waals surface area contributed by atoms with E-state index in [-0.39, 0.29) is 37.3 Å². The van der Waals surface area contributed by atoms with Gasteiger partial charge >= 0.3 is 5.97 Å². The van der Waals surface area contributed by atoms with Crippen LogP contribution in [0, 0.1) is 11.3 Å². The number of sulfonamides is 1. The second-order valence-electron chi connectivity index (χ2n) is 11.7. The van der Waals surface area contributed by atoms with E-state index in [1.165, 1.54) is 21.9 Å². The quantitative estimate of drug-likeness (QED) is 0.246. The first-order chi connectivity index (χ1) is 19.9. The van der Waals surface area contributed by atoms with Crippen molar-refractivity contribution in [3.63, 3.8) is 0 Å². The van der Waals surface area contributed by atoms with E-state index in [0.717, 1.165) is 28.8 Å². The average Bonchev–Trinajstić information content (AvgIpc) is 3.62. The van der Waals surface area contributed by atoms with Gasteiger partial charge in [0.1, 0.15) is 0 Å². The standard InChI is InChI=1S/C31H34Cl2N2O5S2/c1-31(17-28(36)37)16-26(22-5-3-6-24(33)15-22)29(21-10-12-23(32)13-11-21)35(30(31)38)27(20-8-9-20)19-34(42(2,39)40)18-25-7-4-14-41-25/h3-7,10-15,20,26-27,29H,8-9,16-19H2,1-2H3,(H,36,37)/t26-,27-,29-,31-/m1/s1. The van der Waals surface area contributed by atoms with Gasteiger partial charge in [-0.15, -0.1) is 11.3 Å². The van der Waals surface area contributed by atoms with Crippen LogP contribution < -0.4 is 0 Å². The van der Waals surface area contributed by atoms with Crippen molar-refractivity contribution in [3.8, 4) is 0 Å². The molecule has 0 radical (unpaired) electrons. The van der Waals surface area contributed by atoms with Crippen LogP contribution in [0.5, 0.6) is 0 Å². The Kier molecular flexibility index (Phi) is 9.07. The lowest BCUT2D eigenvalue weighted by Crippen LogP contribution is -2.59. The number of aliphatic carboxylic acids is 1. The molecule has 7 nitrogen and oxygen atoms in total. The van der Waals surface area contributed by atoms with E-state index in [2.05, 4.69) is 0 Å². The zero-order chi connectivity index (χ0) is 30.2.